The topological polar surface area (TPSA) is 66.8 Å². The van der Waals surface area contributed by atoms with Crippen LogP contribution in [0.3, 0.4) is 0 Å². The molecule has 1 aliphatic heterocycles. The van der Waals surface area contributed by atoms with E-state index < -0.39 is 11.4 Å². The zero-order valence-corrected chi connectivity index (χ0v) is 18.0. The molecule has 0 spiro atoms. The Morgan fingerprint density at radius 3 is 2.54 bits per heavy atom. The lowest BCUT2D eigenvalue weighted by molar-refractivity contribution is -0.138. The van der Waals surface area contributed by atoms with Gasteiger partial charge in [0.2, 0.25) is 5.91 Å². The van der Waals surface area contributed by atoms with Crippen LogP contribution in [0.25, 0.3) is 0 Å². The van der Waals surface area contributed by atoms with E-state index in [9.17, 15) is 9.59 Å². The third-order valence-corrected chi connectivity index (χ3v) is 5.56. The maximum absolute atomic E-state index is 12.7. The summed E-state index contributed by atoms with van der Waals surface area (Å²) >= 11 is 6.51. The number of rotatable bonds is 8. The van der Waals surface area contributed by atoms with E-state index in [-0.39, 0.29) is 37.3 Å². The third kappa shape index (κ3) is 5.15. The van der Waals surface area contributed by atoms with Crippen molar-refractivity contribution in [3.05, 3.63) is 46.1 Å². The molecule has 0 radical (unpaired) electrons. The molecular formula is C22H30ClNO4. The summed E-state index contributed by atoms with van der Waals surface area (Å²) in [5.74, 6) is -0.781. The minimum Gasteiger partial charge on any atom is -0.481 e. The molecule has 5 nitrogen and oxygen atoms in total. The highest BCUT2D eigenvalue weighted by Gasteiger charge is 2.40. The van der Waals surface area contributed by atoms with Crippen molar-refractivity contribution in [2.24, 2.45) is 5.92 Å². The van der Waals surface area contributed by atoms with E-state index in [0.29, 0.717) is 11.6 Å². The first-order chi connectivity index (χ1) is 13.0. The van der Waals surface area contributed by atoms with Crippen LogP contribution >= 0.6 is 11.6 Å². The van der Waals surface area contributed by atoms with Crippen molar-refractivity contribution in [2.45, 2.75) is 65.6 Å². The predicted molar refractivity (Wildman–Crippen MR) is 110 cm³/mol. The number of ether oxygens (including phenoxy) is 1. The molecule has 1 N–H and O–H groups in total. The number of benzene rings is 1. The Labute approximate surface area is 172 Å². The standard InChI is InChI=1S/C22H30ClNO4/c1-14(2)18-12-24(9-8-21(26)27)20(25)11-22(18,5)17-7-6-16(19(23)10-17)13-28-15(3)4/h6-7,10,12,14-15H,8-9,11,13H2,1-5H3,(H,26,27)/t22-/m0/s1. The van der Waals surface area contributed by atoms with Gasteiger partial charge in [-0.2, -0.15) is 0 Å². The molecule has 1 aliphatic rings. The summed E-state index contributed by atoms with van der Waals surface area (Å²) < 4.78 is 5.65. The van der Waals surface area contributed by atoms with Gasteiger partial charge in [-0.15, -0.1) is 0 Å². The summed E-state index contributed by atoms with van der Waals surface area (Å²) in [5, 5.41) is 9.57. The van der Waals surface area contributed by atoms with Gasteiger partial charge in [0.1, 0.15) is 0 Å². The lowest BCUT2D eigenvalue weighted by Gasteiger charge is -2.41. The molecule has 0 bridgehead atoms. The number of carboxylic acids is 1. The fourth-order valence-corrected chi connectivity index (χ4v) is 3.85. The summed E-state index contributed by atoms with van der Waals surface area (Å²) in [6, 6.07) is 5.91. The number of allylic oxidation sites excluding steroid dienone is 1. The Hall–Kier alpha value is -1.85. The SMILES string of the molecule is CC(C)OCc1ccc([C@]2(C)CC(=O)N(CCC(=O)O)C=C2C(C)C)cc1Cl. The third-order valence-electron chi connectivity index (χ3n) is 5.21. The second-order valence-electron chi connectivity index (χ2n) is 8.14. The first-order valence-electron chi connectivity index (χ1n) is 9.68. The number of hydrogen-bond acceptors (Lipinski definition) is 3. The van der Waals surface area contributed by atoms with Crippen molar-refractivity contribution in [1.29, 1.82) is 0 Å². The number of carboxylic acid groups (broad SMARTS) is 1. The van der Waals surface area contributed by atoms with Crippen LogP contribution in [-0.4, -0.2) is 34.5 Å². The second-order valence-corrected chi connectivity index (χ2v) is 8.55. The molecule has 1 amide bonds. The van der Waals surface area contributed by atoms with Gasteiger partial charge in [0.15, 0.2) is 0 Å². The van der Waals surface area contributed by atoms with Crippen molar-refractivity contribution in [2.75, 3.05) is 6.54 Å². The highest BCUT2D eigenvalue weighted by atomic mass is 35.5. The first-order valence-corrected chi connectivity index (χ1v) is 10.1. The summed E-state index contributed by atoms with van der Waals surface area (Å²) in [6.07, 6.45) is 2.18. The fraction of sp³-hybridized carbons (Fsp3) is 0.545. The zero-order chi connectivity index (χ0) is 21.1. The van der Waals surface area contributed by atoms with Gasteiger partial charge in [0, 0.05) is 29.6 Å². The van der Waals surface area contributed by atoms with Crippen molar-refractivity contribution in [1.82, 2.24) is 4.90 Å². The van der Waals surface area contributed by atoms with Crippen LogP contribution in [0.15, 0.2) is 30.0 Å². The van der Waals surface area contributed by atoms with Crippen LogP contribution in [0.2, 0.25) is 5.02 Å². The first kappa shape index (κ1) is 22.4. The van der Waals surface area contributed by atoms with Crippen molar-refractivity contribution >= 4 is 23.5 Å². The number of nitrogens with zero attached hydrogens (tertiary/aromatic N) is 1. The Morgan fingerprint density at radius 1 is 1.32 bits per heavy atom. The van der Waals surface area contributed by atoms with E-state index in [1.807, 2.05) is 38.2 Å². The van der Waals surface area contributed by atoms with E-state index in [1.54, 1.807) is 0 Å². The van der Waals surface area contributed by atoms with Crippen LogP contribution in [-0.2, 0) is 26.3 Å². The van der Waals surface area contributed by atoms with E-state index in [2.05, 4.69) is 20.8 Å². The Balaban J connectivity index is 2.36. The molecule has 6 heteroatoms. The quantitative estimate of drug-likeness (QED) is 0.674. The van der Waals surface area contributed by atoms with Gasteiger partial charge < -0.3 is 14.7 Å². The number of aliphatic carboxylic acids is 1. The van der Waals surface area contributed by atoms with Crippen LogP contribution in [0.4, 0.5) is 0 Å². The Morgan fingerprint density at radius 2 is 2.00 bits per heavy atom. The Bertz CT molecular complexity index is 772. The lowest BCUT2D eigenvalue weighted by atomic mass is 9.68. The normalized spacial score (nSPS) is 20.1. The lowest BCUT2D eigenvalue weighted by Crippen LogP contribution is -2.42. The van der Waals surface area contributed by atoms with E-state index >= 15 is 0 Å². The Kier molecular flexibility index (Phi) is 7.29. The molecule has 0 aromatic heterocycles. The number of amides is 1. The second kappa shape index (κ2) is 9.10. The number of carbonyl (C=O) groups is 2. The fourth-order valence-electron chi connectivity index (χ4n) is 3.61. The molecule has 0 unspecified atom stereocenters. The molecule has 2 rings (SSSR count). The van der Waals surface area contributed by atoms with E-state index in [0.717, 1.165) is 16.7 Å². The number of carbonyl (C=O) groups excluding carboxylic acids is 1. The molecule has 0 saturated heterocycles. The smallest absolute Gasteiger partial charge is 0.305 e. The summed E-state index contributed by atoms with van der Waals surface area (Å²) in [5.41, 5.74) is 2.52. The van der Waals surface area contributed by atoms with Gasteiger partial charge in [-0.25, -0.2) is 0 Å². The van der Waals surface area contributed by atoms with E-state index in [1.165, 1.54) is 4.90 Å². The molecular weight excluding hydrogens is 378 g/mol. The van der Waals surface area contributed by atoms with Gasteiger partial charge in [-0.05, 0) is 42.5 Å². The van der Waals surface area contributed by atoms with Gasteiger partial charge in [-0.1, -0.05) is 44.5 Å². The molecule has 1 aromatic carbocycles. The molecule has 0 aliphatic carbocycles. The number of hydrogen-bond donors (Lipinski definition) is 1. The average molecular weight is 408 g/mol. The van der Waals surface area contributed by atoms with Crippen molar-refractivity contribution in [3.63, 3.8) is 0 Å². The van der Waals surface area contributed by atoms with Gasteiger partial charge in [0.05, 0.1) is 19.1 Å². The minimum absolute atomic E-state index is 0.0687. The maximum atomic E-state index is 12.7. The largest absolute Gasteiger partial charge is 0.481 e. The van der Waals surface area contributed by atoms with Crippen LogP contribution in [0.1, 0.15) is 58.6 Å². The van der Waals surface area contributed by atoms with E-state index in [4.69, 9.17) is 21.4 Å². The molecule has 0 fully saturated rings. The van der Waals surface area contributed by atoms with Gasteiger partial charge >= 0.3 is 5.97 Å². The molecule has 28 heavy (non-hydrogen) atoms. The minimum atomic E-state index is -0.911. The molecule has 0 saturated carbocycles. The molecule has 1 atom stereocenters. The van der Waals surface area contributed by atoms with Crippen molar-refractivity contribution < 1.29 is 19.4 Å². The maximum Gasteiger partial charge on any atom is 0.305 e. The van der Waals surface area contributed by atoms with Gasteiger partial charge in [0.25, 0.3) is 0 Å². The highest BCUT2D eigenvalue weighted by molar-refractivity contribution is 6.31. The molecule has 154 valence electrons. The van der Waals surface area contributed by atoms with Crippen molar-refractivity contribution in [3.8, 4) is 0 Å². The molecule has 1 aromatic rings. The van der Waals surface area contributed by atoms with Crippen LogP contribution < -0.4 is 0 Å². The highest BCUT2D eigenvalue weighted by Crippen LogP contribution is 2.43. The zero-order valence-electron chi connectivity index (χ0n) is 17.3. The summed E-state index contributed by atoms with van der Waals surface area (Å²) in [7, 11) is 0. The summed E-state index contributed by atoms with van der Waals surface area (Å²) in [6.45, 7) is 10.8. The number of halogens is 1. The van der Waals surface area contributed by atoms with Crippen LogP contribution in [0, 0.1) is 5.92 Å². The van der Waals surface area contributed by atoms with Crippen LogP contribution in [0.5, 0.6) is 0 Å². The molecule has 1 heterocycles. The summed E-state index contributed by atoms with van der Waals surface area (Å²) in [4.78, 5) is 25.2. The monoisotopic (exact) mass is 407 g/mol. The predicted octanol–water partition coefficient (Wildman–Crippen LogP) is 4.77. The van der Waals surface area contributed by atoms with Gasteiger partial charge in [-0.3, -0.25) is 9.59 Å². The average Bonchev–Trinajstić information content (AvgIpc) is 2.59.